The first kappa shape index (κ1) is 13.4. The molecular weight excluding hydrogens is 214 g/mol. The first-order valence-electron chi connectivity index (χ1n) is 5.65. The van der Waals surface area contributed by atoms with E-state index in [1.807, 2.05) is 6.92 Å². The van der Waals surface area contributed by atoms with Crippen molar-refractivity contribution in [3.8, 4) is 6.07 Å². The lowest BCUT2D eigenvalue weighted by atomic mass is 9.88. The molecule has 1 unspecified atom stereocenters. The van der Waals surface area contributed by atoms with E-state index in [-0.39, 0.29) is 5.54 Å². The third-order valence-electron chi connectivity index (χ3n) is 3.13. The fourth-order valence-electron chi connectivity index (χ4n) is 1.35. The second-order valence-corrected chi connectivity index (χ2v) is 4.69. The Morgan fingerprint density at radius 2 is 2.24 bits per heavy atom. The Kier molecular flexibility index (Phi) is 4.02. The highest BCUT2D eigenvalue weighted by atomic mass is 15.1. The molecule has 17 heavy (non-hydrogen) atoms. The average Bonchev–Trinajstić information content (AvgIpc) is 2.29. The minimum atomic E-state index is -0.285. The van der Waals surface area contributed by atoms with E-state index in [0.29, 0.717) is 29.7 Å². The molecule has 0 saturated heterocycles. The number of aromatic nitrogens is 2. The molecule has 1 atom stereocenters. The van der Waals surface area contributed by atoms with Gasteiger partial charge in [0.05, 0.1) is 11.7 Å². The van der Waals surface area contributed by atoms with Gasteiger partial charge in [0.1, 0.15) is 23.3 Å². The van der Waals surface area contributed by atoms with Crippen molar-refractivity contribution < 1.29 is 0 Å². The Balaban J connectivity index is 3.10. The van der Waals surface area contributed by atoms with Gasteiger partial charge in [0.2, 0.25) is 0 Å². The second-order valence-electron chi connectivity index (χ2n) is 4.69. The normalized spacial score (nSPS) is 14.2. The summed E-state index contributed by atoms with van der Waals surface area (Å²) >= 11 is 0. The van der Waals surface area contributed by atoms with Crippen LogP contribution in [-0.2, 0) is 0 Å². The molecule has 3 N–H and O–H groups in total. The number of nitriles is 1. The predicted octanol–water partition coefficient (Wildman–Crippen LogP) is 1.44. The summed E-state index contributed by atoms with van der Waals surface area (Å²) in [5.74, 6) is 1.52. The van der Waals surface area contributed by atoms with E-state index in [1.54, 1.807) is 6.92 Å². The maximum Gasteiger partial charge on any atom is 0.148 e. The SMILES string of the molecule is Cc1ncc(C#N)c(NC(C)(CN)C(C)C)n1. The van der Waals surface area contributed by atoms with Crippen molar-refractivity contribution in [2.75, 3.05) is 11.9 Å². The van der Waals surface area contributed by atoms with E-state index in [9.17, 15) is 0 Å². The van der Waals surface area contributed by atoms with E-state index in [1.165, 1.54) is 6.20 Å². The highest BCUT2D eigenvalue weighted by molar-refractivity contribution is 5.52. The van der Waals surface area contributed by atoms with Crippen LogP contribution in [0, 0.1) is 24.2 Å². The maximum atomic E-state index is 9.02. The predicted molar refractivity (Wildman–Crippen MR) is 67.4 cm³/mol. The molecule has 5 nitrogen and oxygen atoms in total. The van der Waals surface area contributed by atoms with E-state index >= 15 is 0 Å². The number of hydrogen-bond donors (Lipinski definition) is 2. The van der Waals surface area contributed by atoms with Crippen molar-refractivity contribution in [1.82, 2.24) is 9.97 Å². The summed E-state index contributed by atoms with van der Waals surface area (Å²) in [6.07, 6.45) is 1.53. The van der Waals surface area contributed by atoms with Gasteiger partial charge in [0.25, 0.3) is 0 Å². The number of nitrogens with one attached hydrogen (secondary N) is 1. The lowest BCUT2D eigenvalue weighted by Gasteiger charge is -2.34. The van der Waals surface area contributed by atoms with E-state index < -0.39 is 0 Å². The minimum absolute atomic E-state index is 0.285. The van der Waals surface area contributed by atoms with Crippen molar-refractivity contribution in [1.29, 1.82) is 5.26 Å². The highest BCUT2D eigenvalue weighted by Crippen LogP contribution is 2.22. The molecule has 5 heteroatoms. The number of anilines is 1. The number of rotatable bonds is 4. The molecule has 0 aromatic carbocycles. The van der Waals surface area contributed by atoms with Crippen LogP contribution in [0.3, 0.4) is 0 Å². The summed E-state index contributed by atoms with van der Waals surface area (Å²) in [7, 11) is 0. The smallest absolute Gasteiger partial charge is 0.148 e. The van der Waals surface area contributed by atoms with Crippen LogP contribution in [0.2, 0.25) is 0 Å². The van der Waals surface area contributed by atoms with Crippen molar-refractivity contribution in [2.45, 2.75) is 33.2 Å². The molecule has 0 bridgehead atoms. The summed E-state index contributed by atoms with van der Waals surface area (Å²) < 4.78 is 0. The minimum Gasteiger partial charge on any atom is -0.362 e. The van der Waals surface area contributed by atoms with Gasteiger partial charge in [0, 0.05) is 6.54 Å². The molecule has 0 spiro atoms. The summed E-state index contributed by atoms with van der Waals surface area (Å²) in [5, 5.41) is 12.3. The van der Waals surface area contributed by atoms with Gasteiger partial charge < -0.3 is 11.1 Å². The molecule has 1 rings (SSSR count). The van der Waals surface area contributed by atoms with Crippen LogP contribution in [0.15, 0.2) is 6.20 Å². The van der Waals surface area contributed by atoms with Crippen LogP contribution in [0.5, 0.6) is 0 Å². The standard InChI is InChI=1S/C12H19N5/c1-8(2)12(4,7-14)17-11-10(5-13)6-15-9(3)16-11/h6,8H,7,14H2,1-4H3,(H,15,16,17). The molecule has 1 heterocycles. The zero-order valence-corrected chi connectivity index (χ0v) is 10.8. The summed E-state index contributed by atoms with van der Waals surface area (Å²) in [6.45, 7) is 8.45. The zero-order valence-electron chi connectivity index (χ0n) is 10.8. The third kappa shape index (κ3) is 2.92. The molecule has 0 aliphatic rings. The molecule has 0 radical (unpaired) electrons. The Bertz CT molecular complexity index is 435. The van der Waals surface area contributed by atoms with Crippen LogP contribution < -0.4 is 11.1 Å². The lowest BCUT2D eigenvalue weighted by Crippen LogP contribution is -2.47. The molecule has 0 aliphatic heterocycles. The second kappa shape index (κ2) is 5.11. The molecule has 0 saturated carbocycles. The molecule has 0 amide bonds. The first-order chi connectivity index (χ1) is 7.92. The number of aryl methyl sites for hydroxylation is 1. The van der Waals surface area contributed by atoms with Gasteiger partial charge in [-0.3, -0.25) is 0 Å². The van der Waals surface area contributed by atoms with E-state index in [0.717, 1.165) is 0 Å². The van der Waals surface area contributed by atoms with Crippen LogP contribution >= 0.6 is 0 Å². The van der Waals surface area contributed by atoms with Gasteiger partial charge in [-0.25, -0.2) is 9.97 Å². The van der Waals surface area contributed by atoms with Crippen molar-refractivity contribution in [2.24, 2.45) is 11.7 Å². The molecule has 0 aliphatic carbocycles. The Morgan fingerprint density at radius 1 is 1.59 bits per heavy atom. The van der Waals surface area contributed by atoms with Gasteiger partial charge in [-0.15, -0.1) is 0 Å². The van der Waals surface area contributed by atoms with Gasteiger partial charge in [0.15, 0.2) is 0 Å². The molecule has 92 valence electrons. The van der Waals surface area contributed by atoms with E-state index in [2.05, 4.69) is 35.2 Å². The number of nitrogens with two attached hydrogens (primary N) is 1. The molecular formula is C12H19N5. The number of nitrogens with zero attached hydrogens (tertiary/aromatic N) is 3. The quantitative estimate of drug-likeness (QED) is 0.821. The van der Waals surface area contributed by atoms with Crippen molar-refractivity contribution >= 4 is 5.82 Å². The van der Waals surface area contributed by atoms with Crippen LogP contribution in [-0.4, -0.2) is 22.1 Å². The fourth-order valence-corrected chi connectivity index (χ4v) is 1.35. The van der Waals surface area contributed by atoms with Crippen LogP contribution in [0.1, 0.15) is 32.2 Å². The van der Waals surface area contributed by atoms with Gasteiger partial charge in [-0.1, -0.05) is 13.8 Å². The van der Waals surface area contributed by atoms with E-state index in [4.69, 9.17) is 11.0 Å². The maximum absolute atomic E-state index is 9.02. The van der Waals surface area contributed by atoms with Crippen molar-refractivity contribution in [3.05, 3.63) is 17.6 Å². The summed E-state index contributed by atoms with van der Waals surface area (Å²) in [4.78, 5) is 8.27. The Hall–Kier alpha value is -1.67. The fraction of sp³-hybridized carbons (Fsp3) is 0.583. The topological polar surface area (TPSA) is 87.6 Å². The molecule has 1 aromatic rings. The highest BCUT2D eigenvalue weighted by Gasteiger charge is 2.27. The van der Waals surface area contributed by atoms with Gasteiger partial charge >= 0.3 is 0 Å². The lowest BCUT2D eigenvalue weighted by molar-refractivity contribution is 0.381. The Morgan fingerprint density at radius 3 is 2.71 bits per heavy atom. The largest absolute Gasteiger partial charge is 0.362 e. The molecule has 0 fully saturated rings. The zero-order chi connectivity index (χ0) is 13.1. The summed E-state index contributed by atoms with van der Waals surface area (Å²) in [6, 6.07) is 2.08. The van der Waals surface area contributed by atoms with Gasteiger partial charge in [-0.05, 0) is 19.8 Å². The number of hydrogen-bond acceptors (Lipinski definition) is 5. The summed E-state index contributed by atoms with van der Waals surface area (Å²) in [5.41, 5.74) is 5.95. The third-order valence-corrected chi connectivity index (χ3v) is 3.13. The molecule has 1 aromatic heterocycles. The monoisotopic (exact) mass is 233 g/mol. The average molecular weight is 233 g/mol. The first-order valence-corrected chi connectivity index (χ1v) is 5.65. The van der Waals surface area contributed by atoms with Crippen LogP contribution in [0.25, 0.3) is 0 Å². The van der Waals surface area contributed by atoms with Crippen molar-refractivity contribution in [3.63, 3.8) is 0 Å². The Labute approximate surface area is 102 Å². The van der Waals surface area contributed by atoms with Gasteiger partial charge in [-0.2, -0.15) is 5.26 Å². The van der Waals surface area contributed by atoms with Crippen LogP contribution in [0.4, 0.5) is 5.82 Å².